The zero-order valence-corrected chi connectivity index (χ0v) is 43.7. The van der Waals surface area contributed by atoms with E-state index in [1.807, 2.05) is 0 Å². The fourth-order valence-corrected chi connectivity index (χ4v) is 17.7. The number of carbonyl (C=O) groups is 1. The van der Waals surface area contributed by atoms with Crippen LogP contribution in [0.4, 0.5) is 0 Å². The minimum atomic E-state index is -2.82. The Morgan fingerprint density at radius 1 is 0.703 bits per heavy atom. The quantitative estimate of drug-likeness (QED) is 0.0157. The van der Waals surface area contributed by atoms with E-state index in [1.165, 1.54) is 22.2 Å². The van der Waals surface area contributed by atoms with Crippen molar-refractivity contribution >= 4 is 55.9 Å². The van der Waals surface area contributed by atoms with Gasteiger partial charge in [-0.05, 0) is 100 Å². The number of carbonyl (C=O) groups excluding carboxylic acids is 1. The van der Waals surface area contributed by atoms with E-state index >= 15 is 0 Å². The number of alkyl halides is 1. The SMILES string of the molecule is CC(C)(C)[Si](C)(C)O[C@@H](CCCOC(c1ccccc1)(c1ccccc1)c1ccccc1)[C@]1(C=O)C[C@@H](CO[Si](c2ccccc2)(c2ccccc2)C(C)(C)C)[C@H]2CC=C(CCI)[C@H]21. The minimum absolute atomic E-state index is 0.0325. The third kappa shape index (κ3) is 9.41. The molecule has 0 heterocycles. The van der Waals surface area contributed by atoms with Gasteiger partial charge >= 0.3 is 0 Å². The van der Waals surface area contributed by atoms with Gasteiger partial charge in [0.25, 0.3) is 8.32 Å². The van der Waals surface area contributed by atoms with Gasteiger partial charge in [0.2, 0.25) is 0 Å². The Morgan fingerprint density at radius 3 is 1.59 bits per heavy atom. The summed E-state index contributed by atoms with van der Waals surface area (Å²) in [5.41, 5.74) is 3.21. The lowest BCUT2D eigenvalue weighted by Crippen LogP contribution is -2.67. The van der Waals surface area contributed by atoms with Gasteiger partial charge in [0.1, 0.15) is 11.9 Å². The molecule has 64 heavy (non-hydrogen) atoms. The number of hydrogen-bond acceptors (Lipinski definition) is 4. The lowest BCUT2D eigenvalue weighted by Gasteiger charge is -2.46. The van der Waals surface area contributed by atoms with E-state index in [4.69, 9.17) is 13.6 Å². The first-order valence-corrected chi connectivity index (χ1v) is 29.9. The molecule has 7 rings (SSSR count). The van der Waals surface area contributed by atoms with Crippen molar-refractivity contribution in [3.63, 3.8) is 0 Å². The number of fused-ring (bicyclic) bond motifs is 1. The van der Waals surface area contributed by atoms with Crippen LogP contribution in [0, 0.1) is 23.2 Å². The number of ether oxygens (including phenoxy) is 1. The molecule has 4 nitrogen and oxygen atoms in total. The van der Waals surface area contributed by atoms with Crippen molar-refractivity contribution in [2.45, 2.75) is 109 Å². The summed E-state index contributed by atoms with van der Waals surface area (Å²) in [5.74, 6) is 0.619. The van der Waals surface area contributed by atoms with Gasteiger partial charge in [-0.3, -0.25) is 0 Å². The first-order chi connectivity index (χ1) is 30.6. The molecule has 5 atom stereocenters. The van der Waals surface area contributed by atoms with Gasteiger partial charge in [-0.15, -0.1) is 0 Å². The Labute approximate surface area is 401 Å². The van der Waals surface area contributed by atoms with E-state index in [-0.39, 0.29) is 28.0 Å². The molecular formula is C57H71IO4Si2. The normalized spacial score (nSPS) is 21.0. The molecule has 0 aliphatic heterocycles. The van der Waals surface area contributed by atoms with Crippen LogP contribution in [0.25, 0.3) is 0 Å². The molecule has 0 amide bonds. The highest BCUT2D eigenvalue weighted by molar-refractivity contribution is 14.1. The topological polar surface area (TPSA) is 44.8 Å². The second kappa shape index (κ2) is 20.2. The van der Waals surface area contributed by atoms with E-state index in [2.05, 4.69) is 235 Å². The van der Waals surface area contributed by atoms with Gasteiger partial charge in [-0.2, -0.15) is 0 Å². The molecule has 2 aliphatic rings. The molecule has 0 unspecified atom stereocenters. The standard InChI is InChI=1S/C57H71IO4Si2/c1-54(2,3)63(7,8)62-52(35-24-40-60-57(46-25-14-9-15-26-46,47-27-16-10-17-28-47)48-29-18-11-19-30-48)56(43-59)41-45(51-37-36-44(38-39-58)53(51)56)42-61-64(55(4,5)6,49-31-20-12-21-32-49)50-33-22-13-23-34-50/h9-23,25-34,36,43,45,51-53H,24,35,37-42H2,1-8H3/t45-,51+,52-,53+,56+/m0/s1. The lowest BCUT2D eigenvalue weighted by atomic mass is 9.69. The van der Waals surface area contributed by atoms with E-state index in [0.29, 0.717) is 19.1 Å². The number of hydrogen-bond donors (Lipinski definition) is 0. The molecule has 0 N–H and O–H groups in total. The van der Waals surface area contributed by atoms with Crippen molar-refractivity contribution < 1.29 is 18.4 Å². The molecule has 0 radical (unpaired) electrons. The molecule has 1 fully saturated rings. The summed E-state index contributed by atoms with van der Waals surface area (Å²) in [6, 6.07) is 53.8. The summed E-state index contributed by atoms with van der Waals surface area (Å²) in [5, 5.41) is 2.40. The maximum Gasteiger partial charge on any atom is 0.261 e. The van der Waals surface area contributed by atoms with Crippen LogP contribution in [-0.2, 0) is 24.0 Å². The van der Waals surface area contributed by atoms with Crippen LogP contribution in [0.15, 0.2) is 163 Å². The third-order valence-electron chi connectivity index (χ3n) is 15.1. The maximum absolute atomic E-state index is 14.5. The molecular weight excluding hydrogens is 932 g/mol. The van der Waals surface area contributed by atoms with Crippen LogP contribution < -0.4 is 10.4 Å². The van der Waals surface area contributed by atoms with E-state index in [0.717, 1.165) is 53.2 Å². The Morgan fingerprint density at radius 2 is 1.17 bits per heavy atom. The molecule has 7 heteroatoms. The van der Waals surface area contributed by atoms with Gasteiger partial charge in [-0.25, -0.2) is 0 Å². The van der Waals surface area contributed by atoms with Crippen LogP contribution in [0.2, 0.25) is 23.2 Å². The lowest BCUT2D eigenvalue weighted by molar-refractivity contribution is -0.125. The second-order valence-electron chi connectivity index (χ2n) is 20.9. The van der Waals surface area contributed by atoms with Crippen LogP contribution >= 0.6 is 22.6 Å². The van der Waals surface area contributed by atoms with Crippen LogP contribution in [0.3, 0.4) is 0 Å². The zero-order valence-electron chi connectivity index (χ0n) is 39.6. The number of rotatable bonds is 19. The van der Waals surface area contributed by atoms with Crippen LogP contribution in [0.1, 0.15) is 90.3 Å². The van der Waals surface area contributed by atoms with Gasteiger partial charge in [0.05, 0.1) is 11.5 Å². The highest BCUT2D eigenvalue weighted by atomic mass is 127. The van der Waals surface area contributed by atoms with Crippen LogP contribution in [-0.4, -0.2) is 46.7 Å². The summed E-state index contributed by atoms with van der Waals surface area (Å²) >= 11 is 2.52. The number of benzene rings is 5. The second-order valence-corrected chi connectivity index (χ2v) is 31.0. The molecule has 0 saturated heterocycles. The highest BCUT2D eigenvalue weighted by Gasteiger charge is 2.61. The molecule has 5 aromatic rings. The predicted octanol–water partition coefficient (Wildman–Crippen LogP) is 13.3. The van der Waals surface area contributed by atoms with Gasteiger partial charge < -0.3 is 18.4 Å². The van der Waals surface area contributed by atoms with E-state index in [1.54, 1.807) is 0 Å². The number of halogens is 1. The fraction of sp³-hybridized carbons (Fsp3) is 0.421. The van der Waals surface area contributed by atoms with Crippen LogP contribution in [0.5, 0.6) is 0 Å². The Kier molecular flexibility index (Phi) is 15.3. The van der Waals surface area contributed by atoms with Crippen molar-refractivity contribution in [1.82, 2.24) is 0 Å². The van der Waals surface area contributed by atoms with E-state index < -0.39 is 27.7 Å². The average molecular weight is 1000 g/mol. The van der Waals surface area contributed by atoms with Gasteiger partial charge in [0.15, 0.2) is 8.32 Å². The van der Waals surface area contributed by atoms with Crippen molar-refractivity contribution in [2.24, 2.45) is 23.2 Å². The van der Waals surface area contributed by atoms with E-state index in [9.17, 15) is 4.79 Å². The highest BCUT2D eigenvalue weighted by Crippen LogP contribution is 2.61. The smallest absolute Gasteiger partial charge is 0.261 e. The molecule has 2 aliphatic carbocycles. The minimum Gasteiger partial charge on any atom is -0.413 e. The fourth-order valence-electron chi connectivity index (χ4n) is 11.1. The maximum atomic E-state index is 14.5. The largest absolute Gasteiger partial charge is 0.413 e. The molecule has 5 aromatic carbocycles. The summed E-state index contributed by atoms with van der Waals surface area (Å²) in [6.07, 6.45) is 7.77. The third-order valence-corrected chi connectivity index (χ3v) is 25.2. The Hall–Kier alpha value is -3.45. The average Bonchev–Trinajstić information content (AvgIpc) is 3.86. The summed E-state index contributed by atoms with van der Waals surface area (Å²) in [4.78, 5) is 14.5. The Balaban J connectivity index is 1.26. The predicted molar refractivity (Wildman–Crippen MR) is 280 cm³/mol. The summed E-state index contributed by atoms with van der Waals surface area (Å²) < 4.78 is 23.8. The van der Waals surface area contributed by atoms with Crippen molar-refractivity contribution in [1.29, 1.82) is 0 Å². The molecule has 338 valence electrons. The number of allylic oxidation sites excluding steroid dienone is 2. The molecule has 0 bridgehead atoms. The van der Waals surface area contributed by atoms with Crippen molar-refractivity contribution in [3.05, 3.63) is 180 Å². The van der Waals surface area contributed by atoms with Gasteiger partial charge in [0, 0.05) is 17.6 Å². The van der Waals surface area contributed by atoms with Crippen molar-refractivity contribution in [2.75, 3.05) is 17.6 Å². The first-order valence-electron chi connectivity index (χ1n) is 23.6. The zero-order chi connectivity index (χ0) is 45.6. The molecule has 1 saturated carbocycles. The van der Waals surface area contributed by atoms with Gasteiger partial charge in [-0.1, -0.05) is 227 Å². The molecule has 0 spiro atoms. The molecule has 0 aromatic heterocycles. The first kappa shape index (κ1) is 48.5. The number of aldehydes is 1. The summed E-state index contributed by atoms with van der Waals surface area (Å²) in [7, 11) is -5.18. The monoisotopic (exact) mass is 1000 g/mol. The summed E-state index contributed by atoms with van der Waals surface area (Å²) in [6.45, 7) is 19.8. The Bertz CT molecular complexity index is 2140. The van der Waals surface area contributed by atoms with Crippen molar-refractivity contribution in [3.8, 4) is 0 Å².